The Morgan fingerprint density at radius 2 is 1.71 bits per heavy atom. The van der Waals surface area contributed by atoms with Gasteiger partial charge in [0.15, 0.2) is 0 Å². The van der Waals surface area contributed by atoms with E-state index in [4.69, 9.17) is 13.5 Å². The number of hydrogen-bond acceptors (Lipinski definition) is 4. The molecule has 1 atom stereocenters. The van der Waals surface area contributed by atoms with E-state index in [1.165, 1.54) is 5.57 Å². The number of rotatable bonds is 7. The Morgan fingerprint density at radius 1 is 1.11 bits per heavy atom. The van der Waals surface area contributed by atoms with Crippen LogP contribution in [0.4, 0.5) is 4.39 Å². The van der Waals surface area contributed by atoms with Crippen LogP contribution in [0.25, 0.3) is 0 Å². The minimum absolute atomic E-state index is 0.0310. The molecule has 4 nitrogen and oxygen atoms in total. The van der Waals surface area contributed by atoms with Crippen molar-refractivity contribution in [3.63, 3.8) is 0 Å². The minimum Gasteiger partial charge on any atom is -0.547 e. The van der Waals surface area contributed by atoms with E-state index < -0.39 is 21.5 Å². The molecule has 1 fully saturated rings. The van der Waals surface area contributed by atoms with E-state index in [2.05, 4.69) is 33.9 Å². The second kappa shape index (κ2) is 9.16. The van der Waals surface area contributed by atoms with E-state index in [1.54, 1.807) is 13.8 Å². The van der Waals surface area contributed by atoms with Crippen molar-refractivity contribution < 1.29 is 22.4 Å². The molecule has 2 aliphatic carbocycles. The number of hydrogen-bond donors (Lipinski definition) is 0. The second-order valence-corrected chi connectivity index (χ2v) is 15.9. The number of halogens is 1. The lowest BCUT2D eigenvalue weighted by atomic mass is 9.74. The van der Waals surface area contributed by atoms with E-state index in [9.17, 15) is 4.57 Å². The average Bonchev–Trinajstić information content (AvgIpc) is 2.60. The van der Waals surface area contributed by atoms with Crippen LogP contribution in [0.15, 0.2) is 22.5 Å². The first-order valence-electron chi connectivity index (χ1n) is 10.7. The number of allylic oxidation sites excluding steroid dienone is 3. The van der Waals surface area contributed by atoms with Gasteiger partial charge >= 0.3 is 7.60 Å². The van der Waals surface area contributed by atoms with Crippen molar-refractivity contribution in [2.75, 3.05) is 13.2 Å². The maximum atomic E-state index is 15.4. The van der Waals surface area contributed by atoms with Gasteiger partial charge in [0.1, 0.15) is 0 Å². The predicted octanol–water partition coefficient (Wildman–Crippen LogP) is 7.69. The normalized spacial score (nSPS) is 23.5. The first-order chi connectivity index (χ1) is 13.0. The third-order valence-corrected chi connectivity index (χ3v) is 12.6. The van der Waals surface area contributed by atoms with E-state index in [-0.39, 0.29) is 24.2 Å². The van der Waals surface area contributed by atoms with Gasteiger partial charge < -0.3 is 13.5 Å². The third kappa shape index (κ3) is 5.00. The molecule has 0 unspecified atom stereocenters. The molecule has 2 rings (SSSR count). The predicted molar refractivity (Wildman–Crippen MR) is 115 cm³/mol. The maximum Gasteiger partial charge on any atom is 0.389 e. The zero-order valence-electron chi connectivity index (χ0n) is 18.7. The van der Waals surface area contributed by atoms with Crippen LogP contribution in [0.2, 0.25) is 18.1 Å². The molecule has 0 saturated heterocycles. The Labute approximate surface area is 171 Å². The molecule has 28 heavy (non-hydrogen) atoms. The molecule has 0 aromatic rings. The molecular formula is C21H38FO4PSi. The van der Waals surface area contributed by atoms with E-state index >= 15 is 4.39 Å². The smallest absolute Gasteiger partial charge is 0.389 e. The summed E-state index contributed by atoms with van der Waals surface area (Å²) in [6.07, 6.45) is 5.14. The molecule has 0 aromatic heterocycles. The summed E-state index contributed by atoms with van der Waals surface area (Å²) >= 11 is 0. The van der Waals surface area contributed by atoms with Gasteiger partial charge in [-0.3, -0.25) is 4.57 Å². The van der Waals surface area contributed by atoms with Gasteiger partial charge in [-0.15, -0.1) is 0 Å². The van der Waals surface area contributed by atoms with Crippen LogP contribution < -0.4 is 0 Å². The monoisotopic (exact) mass is 432 g/mol. The summed E-state index contributed by atoms with van der Waals surface area (Å²) in [5.41, 5.74) is 1.17. The highest BCUT2D eigenvalue weighted by Crippen LogP contribution is 2.61. The average molecular weight is 433 g/mol. The van der Waals surface area contributed by atoms with E-state index in [0.717, 1.165) is 31.4 Å². The fourth-order valence-electron chi connectivity index (χ4n) is 3.80. The summed E-state index contributed by atoms with van der Waals surface area (Å²) in [6.45, 7) is 14.9. The molecule has 0 spiro atoms. The largest absolute Gasteiger partial charge is 0.547 e. The summed E-state index contributed by atoms with van der Waals surface area (Å²) in [4.78, 5) is 0. The summed E-state index contributed by atoms with van der Waals surface area (Å²) in [5.74, 6) is 1.03. The fraction of sp³-hybridized carbons (Fsp3) is 0.810. The Bertz CT molecular complexity index is 668. The van der Waals surface area contributed by atoms with Gasteiger partial charge in [-0.05, 0) is 68.8 Å². The molecule has 2 aliphatic rings. The molecule has 0 amide bonds. The second-order valence-electron chi connectivity index (χ2n) is 9.26. The lowest BCUT2D eigenvalue weighted by molar-refractivity contribution is 0.218. The van der Waals surface area contributed by atoms with Gasteiger partial charge in [-0.1, -0.05) is 27.2 Å². The first kappa shape index (κ1) is 23.9. The van der Waals surface area contributed by atoms with Crippen LogP contribution in [-0.4, -0.2) is 21.5 Å². The number of fused-ring (bicyclic) bond motifs is 1. The standard InChI is InChI=1S/C21H38FO4PSi/c1-8-24-27(23,25-9-2)20(22)18-14-15-19(17-13-11-10-12-16(17)18)26-28(6,7)21(3,4)5/h16H,8-15H2,1-7H3/b20-18-/t16-/m1/s1. The summed E-state index contributed by atoms with van der Waals surface area (Å²) < 4.78 is 45.7. The van der Waals surface area contributed by atoms with Crippen molar-refractivity contribution in [2.45, 2.75) is 91.3 Å². The van der Waals surface area contributed by atoms with Crippen LogP contribution in [-0.2, 0) is 18.0 Å². The SMILES string of the molecule is CCOP(=O)(OCC)/C(F)=C1/CCC(O[Si](C)(C)C(C)(C)C)=C2CCCC[C@H]21. The Hall–Kier alpha value is -0.423. The van der Waals surface area contributed by atoms with Crippen molar-refractivity contribution in [3.8, 4) is 0 Å². The topological polar surface area (TPSA) is 44.8 Å². The van der Waals surface area contributed by atoms with Gasteiger partial charge in [0.05, 0.1) is 19.0 Å². The van der Waals surface area contributed by atoms with Crippen molar-refractivity contribution in [1.29, 1.82) is 0 Å². The van der Waals surface area contributed by atoms with E-state index in [0.29, 0.717) is 18.4 Å². The molecule has 0 N–H and O–H groups in total. The highest BCUT2D eigenvalue weighted by molar-refractivity contribution is 7.58. The van der Waals surface area contributed by atoms with Crippen molar-refractivity contribution in [1.82, 2.24) is 0 Å². The summed E-state index contributed by atoms with van der Waals surface area (Å²) in [6, 6.07) is 0. The lowest BCUT2D eigenvalue weighted by Gasteiger charge is -2.42. The molecule has 0 heterocycles. The van der Waals surface area contributed by atoms with Gasteiger partial charge in [0, 0.05) is 12.3 Å². The van der Waals surface area contributed by atoms with Crippen molar-refractivity contribution >= 4 is 15.9 Å². The molecule has 1 saturated carbocycles. The zero-order chi connectivity index (χ0) is 21.2. The van der Waals surface area contributed by atoms with Crippen LogP contribution in [0, 0.1) is 5.92 Å². The van der Waals surface area contributed by atoms with Crippen LogP contribution >= 0.6 is 7.60 Å². The lowest BCUT2D eigenvalue weighted by Crippen LogP contribution is -2.41. The van der Waals surface area contributed by atoms with Gasteiger partial charge in [-0.2, -0.15) is 4.39 Å². The van der Waals surface area contributed by atoms with Crippen molar-refractivity contribution in [2.24, 2.45) is 5.92 Å². The first-order valence-corrected chi connectivity index (χ1v) is 15.1. The van der Waals surface area contributed by atoms with Gasteiger partial charge in [0.2, 0.25) is 13.9 Å². The molecule has 162 valence electrons. The third-order valence-electron chi connectivity index (χ3n) is 6.30. The maximum absolute atomic E-state index is 15.4. The van der Waals surface area contributed by atoms with Crippen LogP contribution in [0.5, 0.6) is 0 Å². The summed E-state index contributed by atoms with van der Waals surface area (Å²) in [5, 5.41) is 0.117. The highest BCUT2D eigenvalue weighted by atomic mass is 31.2. The Balaban J connectivity index is 2.44. The molecular weight excluding hydrogens is 394 g/mol. The van der Waals surface area contributed by atoms with Crippen molar-refractivity contribution in [3.05, 3.63) is 22.5 Å². The Morgan fingerprint density at radius 3 is 2.25 bits per heavy atom. The molecule has 0 aliphatic heterocycles. The van der Waals surface area contributed by atoms with Crippen LogP contribution in [0.1, 0.15) is 73.1 Å². The van der Waals surface area contributed by atoms with Crippen LogP contribution in [0.3, 0.4) is 0 Å². The van der Waals surface area contributed by atoms with Gasteiger partial charge in [0.25, 0.3) is 0 Å². The Kier molecular flexibility index (Phi) is 7.80. The molecule has 7 heteroatoms. The quantitative estimate of drug-likeness (QED) is 0.305. The molecule has 0 bridgehead atoms. The minimum atomic E-state index is -3.87. The molecule has 0 aromatic carbocycles. The zero-order valence-corrected chi connectivity index (χ0v) is 20.6. The molecule has 0 radical (unpaired) electrons. The highest BCUT2D eigenvalue weighted by Gasteiger charge is 2.43. The van der Waals surface area contributed by atoms with Gasteiger partial charge in [-0.25, -0.2) is 0 Å². The van der Waals surface area contributed by atoms with E-state index in [1.807, 2.05) is 0 Å². The summed E-state index contributed by atoms with van der Waals surface area (Å²) in [7, 11) is -5.82. The fourth-order valence-corrected chi connectivity index (χ4v) is 6.56.